The third-order valence-electron chi connectivity index (χ3n) is 5.97. The fraction of sp³-hybridized carbons (Fsp3) is 0.318. The number of aryl methyl sites for hydroxylation is 2. The van der Waals surface area contributed by atoms with Gasteiger partial charge >= 0.3 is 0 Å². The van der Waals surface area contributed by atoms with Gasteiger partial charge in [0.1, 0.15) is 0 Å². The van der Waals surface area contributed by atoms with Gasteiger partial charge in [-0.25, -0.2) is 0 Å². The van der Waals surface area contributed by atoms with Crippen molar-refractivity contribution < 1.29 is 0 Å². The zero-order valence-electron chi connectivity index (χ0n) is 14.8. The van der Waals surface area contributed by atoms with Crippen LogP contribution in [0.15, 0.2) is 36.7 Å². The summed E-state index contributed by atoms with van der Waals surface area (Å²) in [6.45, 7) is 4.49. The van der Waals surface area contributed by atoms with Gasteiger partial charge in [0.15, 0.2) is 0 Å². The summed E-state index contributed by atoms with van der Waals surface area (Å²) in [5.74, 6) is 0. The molecule has 5 rings (SSSR count). The first kappa shape index (κ1) is 14.9. The first-order chi connectivity index (χ1) is 12.2. The van der Waals surface area contributed by atoms with Crippen LogP contribution in [0, 0.1) is 13.8 Å². The lowest BCUT2D eigenvalue weighted by Crippen LogP contribution is -2.32. The van der Waals surface area contributed by atoms with E-state index in [0.717, 1.165) is 12.0 Å². The number of pyridine rings is 1. The number of benzene rings is 1. The van der Waals surface area contributed by atoms with Crippen LogP contribution in [0.4, 0.5) is 0 Å². The van der Waals surface area contributed by atoms with Crippen LogP contribution in [-0.4, -0.2) is 15.6 Å². The van der Waals surface area contributed by atoms with Crippen molar-refractivity contribution in [2.24, 2.45) is 0 Å². The van der Waals surface area contributed by atoms with Gasteiger partial charge in [0.05, 0.1) is 5.52 Å². The van der Waals surface area contributed by atoms with Crippen LogP contribution >= 0.6 is 0 Å². The molecule has 0 spiro atoms. The van der Waals surface area contributed by atoms with Gasteiger partial charge in [-0.1, -0.05) is 12.1 Å². The van der Waals surface area contributed by atoms with E-state index >= 15 is 0 Å². The molecule has 3 nitrogen and oxygen atoms in total. The average molecular weight is 329 g/mol. The first-order valence-corrected chi connectivity index (χ1v) is 9.19. The lowest BCUT2D eigenvalue weighted by Gasteiger charge is -2.23. The third kappa shape index (κ3) is 2.26. The maximum Gasteiger partial charge on any atom is 0.0531 e. The van der Waals surface area contributed by atoms with E-state index in [0.29, 0.717) is 12.1 Å². The highest BCUT2D eigenvalue weighted by atomic mass is 15.1. The van der Waals surface area contributed by atoms with E-state index in [2.05, 4.69) is 59.2 Å². The Balaban J connectivity index is 1.75. The van der Waals surface area contributed by atoms with Crippen molar-refractivity contribution in [1.29, 1.82) is 0 Å². The standard InChI is InChI=1S/C22H23N3/c1-14-5-8-19-21(15(14)2)22-18-7-6-17(24-18)12-20(22)25(19)11-9-16-4-3-10-23-13-16/h3-5,8-11,13,17-18,24H,6-7,12H2,1-2H3. The average Bonchev–Trinajstić information content (AvgIpc) is 3.17. The molecule has 2 unspecified atom stereocenters. The molecule has 0 radical (unpaired) electrons. The second-order valence-electron chi connectivity index (χ2n) is 7.43. The number of hydrogen-bond donors (Lipinski definition) is 1. The molecule has 2 aliphatic rings. The van der Waals surface area contributed by atoms with Gasteiger partial charge in [-0.3, -0.25) is 4.98 Å². The number of fused-ring (bicyclic) bond motifs is 6. The molecule has 25 heavy (non-hydrogen) atoms. The Morgan fingerprint density at radius 3 is 2.96 bits per heavy atom. The second-order valence-corrected chi connectivity index (χ2v) is 7.43. The molecule has 1 N–H and O–H groups in total. The lowest BCUT2D eigenvalue weighted by molar-refractivity contribution is 0.509. The van der Waals surface area contributed by atoms with E-state index in [-0.39, 0.29) is 0 Å². The summed E-state index contributed by atoms with van der Waals surface area (Å²) in [5, 5.41) is 5.29. The molecule has 0 aliphatic carbocycles. The number of nitrogens with zero attached hydrogens (tertiary/aromatic N) is 2. The minimum atomic E-state index is 0.518. The van der Waals surface area contributed by atoms with Gasteiger partial charge in [0.25, 0.3) is 0 Å². The highest BCUT2D eigenvalue weighted by Gasteiger charge is 2.36. The Hall–Kier alpha value is -2.39. The molecule has 1 aromatic carbocycles. The smallest absolute Gasteiger partial charge is 0.0531 e. The summed E-state index contributed by atoms with van der Waals surface area (Å²) in [7, 11) is 0. The first-order valence-electron chi connectivity index (χ1n) is 9.19. The van der Waals surface area contributed by atoms with Gasteiger partial charge < -0.3 is 9.88 Å². The quantitative estimate of drug-likeness (QED) is 0.743. The zero-order chi connectivity index (χ0) is 17.0. The van der Waals surface area contributed by atoms with E-state index in [4.69, 9.17) is 0 Å². The normalized spacial score (nSPS) is 22.0. The summed E-state index contributed by atoms with van der Waals surface area (Å²) in [5.41, 5.74) is 8.32. The minimum Gasteiger partial charge on any atom is -0.320 e. The van der Waals surface area contributed by atoms with Crippen molar-refractivity contribution in [3.8, 4) is 0 Å². The van der Waals surface area contributed by atoms with Gasteiger partial charge in [-0.05, 0) is 67.2 Å². The summed E-state index contributed by atoms with van der Waals surface area (Å²) >= 11 is 0. The van der Waals surface area contributed by atoms with Crippen LogP contribution in [0.5, 0.6) is 0 Å². The number of rotatable bonds is 2. The Morgan fingerprint density at radius 1 is 1.20 bits per heavy atom. The van der Waals surface area contributed by atoms with Gasteiger partial charge in [-0.15, -0.1) is 0 Å². The van der Waals surface area contributed by atoms with Crippen molar-refractivity contribution in [3.05, 3.63) is 64.6 Å². The molecule has 1 fully saturated rings. The van der Waals surface area contributed by atoms with E-state index in [9.17, 15) is 0 Å². The molecule has 0 saturated carbocycles. The fourth-order valence-electron chi connectivity index (χ4n) is 4.59. The Labute approximate surface area is 148 Å². The summed E-state index contributed by atoms with van der Waals surface area (Å²) in [6.07, 6.45) is 11.8. The van der Waals surface area contributed by atoms with Crippen LogP contribution in [0.2, 0.25) is 0 Å². The van der Waals surface area contributed by atoms with E-state index in [1.165, 1.54) is 40.6 Å². The monoisotopic (exact) mass is 329 g/mol. The highest BCUT2D eigenvalue weighted by Crippen LogP contribution is 2.43. The molecule has 126 valence electrons. The predicted octanol–water partition coefficient (Wildman–Crippen LogP) is 4.63. The minimum absolute atomic E-state index is 0.518. The molecule has 2 bridgehead atoms. The van der Waals surface area contributed by atoms with Crippen molar-refractivity contribution in [3.63, 3.8) is 0 Å². The molecule has 2 aromatic heterocycles. The van der Waals surface area contributed by atoms with Crippen LogP contribution in [0.25, 0.3) is 23.2 Å². The van der Waals surface area contributed by atoms with Crippen molar-refractivity contribution >= 4 is 23.2 Å². The largest absolute Gasteiger partial charge is 0.320 e. The summed E-state index contributed by atoms with van der Waals surface area (Å²) in [6, 6.07) is 9.78. The van der Waals surface area contributed by atoms with Crippen molar-refractivity contribution in [2.45, 2.75) is 45.2 Å². The Kier molecular flexibility index (Phi) is 3.32. The molecule has 3 aromatic rings. The topological polar surface area (TPSA) is 29.9 Å². The van der Waals surface area contributed by atoms with Crippen molar-refractivity contribution in [1.82, 2.24) is 14.9 Å². The Morgan fingerprint density at radius 2 is 2.12 bits per heavy atom. The highest BCUT2D eigenvalue weighted by molar-refractivity contribution is 5.92. The summed E-state index contributed by atoms with van der Waals surface area (Å²) < 4.78 is 2.43. The third-order valence-corrected chi connectivity index (χ3v) is 5.97. The molecular formula is C22H23N3. The number of aromatic nitrogens is 2. The molecule has 3 heteroatoms. The molecular weight excluding hydrogens is 306 g/mol. The van der Waals surface area contributed by atoms with E-state index < -0.39 is 0 Å². The maximum absolute atomic E-state index is 4.22. The zero-order valence-corrected chi connectivity index (χ0v) is 14.8. The van der Waals surface area contributed by atoms with Crippen LogP contribution in [0.3, 0.4) is 0 Å². The van der Waals surface area contributed by atoms with Crippen LogP contribution in [0.1, 0.15) is 46.8 Å². The summed E-state index contributed by atoms with van der Waals surface area (Å²) in [4.78, 5) is 4.22. The SMILES string of the molecule is Cc1ccc2c(c1C)c1c(n2C=Cc2cccnc2)CC2CCC1N2. The second kappa shape index (κ2) is 5.57. The Bertz CT molecular complexity index is 982. The van der Waals surface area contributed by atoms with E-state index in [1.807, 2.05) is 18.5 Å². The fourth-order valence-corrected chi connectivity index (χ4v) is 4.59. The number of nitrogens with one attached hydrogen (secondary N) is 1. The maximum atomic E-state index is 4.22. The molecule has 2 aliphatic heterocycles. The molecule has 0 amide bonds. The van der Waals surface area contributed by atoms with E-state index in [1.54, 1.807) is 5.56 Å². The van der Waals surface area contributed by atoms with Crippen molar-refractivity contribution in [2.75, 3.05) is 0 Å². The molecule has 4 heterocycles. The number of hydrogen-bond acceptors (Lipinski definition) is 2. The lowest BCUT2D eigenvalue weighted by atomic mass is 9.95. The van der Waals surface area contributed by atoms with Gasteiger partial charge in [0.2, 0.25) is 0 Å². The molecule has 1 saturated heterocycles. The van der Waals surface area contributed by atoms with Gasteiger partial charge in [-0.2, -0.15) is 0 Å². The predicted molar refractivity (Wildman–Crippen MR) is 103 cm³/mol. The molecule has 2 atom stereocenters. The van der Waals surface area contributed by atoms with Crippen LogP contribution in [-0.2, 0) is 6.42 Å². The van der Waals surface area contributed by atoms with Crippen LogP contribution < -0.4 is 5.32 Å². The van der Waals surface area contributed by atoms with Gasteiger partial charge in [0, 0.05) is 48.2 Å².